The van der Waals surface area contributed by atoms with E-state index in [4.69, 9.17) is 4.74 Å². The highest BCUT2D eigenvalue weighted by molar-refractivity contribution is 5.25. The molecule has 2 aliphatic carbocycles. The minimum absolute atomic E-state index is 0.525. The largest absolute Gasteiger partial charge is 0.378 e. The van der Waals surface area contributed by atoms with E-state index in [1.807, 2.05) is 0 Å². The summed E-state index contributed by atoms with van der Waals surface area (Å²) < 4.78 is 6.23. The maximum atomic E-state index is 6.23. The quantitative estimate of drug-likeness (QED) is 0.444. The van der Waals surface area contributed by atoms with Crippen molar-refractivity contribution in [3.63, 3.8) is 0 Å². The van der Waals surface area contributed by atoms with E-state index in [1.165, 1.54) is 82.6 Å². The van der Waals surface area contributed by atoms with E-state index in [0.29, 0.717) is 6.10 Å². The Morgan fingerprint density at radius 2 is 1.58 bits per heavy atom. The van der Waals surface area contributed by atoms with Crippen molar-refractivity contribution in [3.8, 4) is 0 Å². The third kappa shape index (κ3) is 6.12. The molecule has 1 heteroatoms. The van der Waals surface area contributed by atoms with Crippen LogP contribution in [0.3, 0.4) is 0 Å². The Labute approximate surface area is 161 Å². The molecule has 1 aromatic carbocycles. The lowest BCUT2D eigenvalue weighted by Crippen LogP contribution is -2.21. The molecule has 0 saturated heterocycles. The Morgan fingerprint density at radius 1 is 0.885 bits per heavy atom. The van der Waals surface area contributed by atoms with E-state index < -0.39 is 0 Å². The van der Waals surface area contributed by atoms with Gasteiger partial charge in [-0.3, -0.25) is 0 Å². The second-order valence-corrected chi connectivity index (χ2v) is 9.10. The van der Waals surface area contributed by atoms with Crippen LogP contribution in [0.1, 0.15) is 102 Å². The van der Waals surface area contributed by atoms with Crippen LogP contribution in [-0.4, -0.2) is 12.7 Å². The van der Waals surface area contributed by atoms with Gasteiger partial charge in [0.05, 0.1) is 6.10 Å². The van der Waals surface area contributed by atoms with Gasteiger partial charge in [0.1, 0.15) is 0 Å². The lowest BCUT2D eigenvalue weighted by molar-refractivity contribution is 0.0205. The van der Waals surface area contributed by atoms with E-state index in [-0.39, 0.29) is 0 Å². The number of rotatable bonds is 8. The maximum absolute atomic E-state index is 6.23. The Hall–Kier alpha value is -0.820. The lowest BCUT2D eigenvalue weighted by atomic mass is 9.81. The summed E-state index contributed by atoms with van der Waals surface area (Å²) >= 11 is 0. The maximum Gasteiger partial charge on any atom is 0.0575 e. The molecule has 0 radical (unpaired) electrons. The molecule has 0 unspecified atom stereocenters. The molecule has 0 amide bonds. The van der Waals surface area contributed by atoms with E-state index in [1.54, 1.807) is 5.56 Å². The van der Waals surface area contributed by atoms with Gasteiger partial charge in [-0.05, 0) is 73.8 Å². The van der Waals surface area contributed by atoms with Gasteiger partial charge in [-0.15, -0.1) is 0 Å². The van der Waals surface area contributed by atoms with Crippen molar-refractivity contribution in [2.24, 2.45) is 11.8 Å². The van der Waals surface area contributed by atoms with Gasteiger partial charge in [0, 0.05) is 6.61 Å². The molecule has 0 aromatic heterocycles. The number of aryl methyl sites for hydroxylation is 1. The predicted molar refractivity (Wildman–Crippen MR) is 112 cm³/mol. The summed E-state index contributed by atoms with van der Waals surface area (Å²) in [5, 5.41) is 0. The molecule has 2 aliphatic rings. The summed E-state index contributed by atoms with van der Waals surface area (Å²) in [5.74, 6) is 2.72. The summed E-state index contributed by atoms with van der Waals surface area (Å²) in [7, 11) is 0. The molecule has 146 valence electrons. The zero-order valence-electron chi connectivity index (χ0n) is 17.2. The molecule has 0 bridgehead atoms. The smallest absolute Gasteiger partial charge is 0.0575 e. The summed E-state index contributed by atoms with van der Waals surface area (Å²) in [6.45, 7) is 5.66. The molecule has 1 nitrogen and oxygen atoms in total. The molecule has 3 rings (SSSR count). The summed E-state index contributed by atoms with van der Waals surface area (Å²) in [4.78, 5) is 0. The van der Waals surface area contributed by atoms with Crippen molar-refractivity contribution < 1.29 is 4.74 Å². The van der Waals surface area contributed by atoms with Gasteiger partial charge in [0.15, 0.2) is 0 Å². The van der Waals surface area contributed by atoms with Gasteiger partial charge in [-0.1, -0.05) is 70.2 Å². The first-order chi connectivity index (χ1) is 12.7. The average Bonchev–Trinajstić information content (AvgIpc) is 2.68. The van der Waals surface area contributed by atoms with Crippen LogP contribution in [0.25, 0.3) is 0 Å². The second-order valence-electron chi connectivity index (χ2n) is 9.10. The highest BCUT2D eigenvalue weighted by atomic mass is 16.5. The van der Waals surface area contributed by atoms with Crippen LogP contribution in [0.5, 0.6) is 0 Å². The number of hydrogen-bond acceptors (Lipinski definition) is 1. The minimum Gasteiger partial charge on any atom is -0.378 e. The topological polar surface area (TPSA) is 9.23 Å². The van der Waals surface area contributed by atoms with Crippen molar-refractivity contribution in [1.29, 1.82) is 0 Å². The average molecular weight is 357 g/mol. The van der Waals surface area contributed by atoms with Gasteiger partial charge in [0.2, 0.25) is 0 Å². The van der Waals surface area contributed by atoms with Crippen LogP contribution < -0.4 is 0 Å². The zero-order chi connectivity index (χ0) is 18.2. The van der Waals surface area contributed by atoms with Gasteiger partial charge < -0.3 is 4.74 Å². The number of hydrogen-bond donors (Lipinski definition) is 0. The third-order valence-corrected chi connectivity index (χ3v) is 6.91. The zero-order valence-corrected chi connectivity index (χ0v) is 17.2. The van der Waals surface area contributed by atoms with Crippen LogP contribution in [-0.2, 0) is 11.2 Å². The highest BCUT2D eigenvalue weighted by Crippen LogP contribution is 2.35. The fraction of sp³-hybridized carbons (Fsp3) is 0.760. The van der Waals surface area contributed by atoms with E-state index in [2.05, 4.69) is 38.1 Å². The fourth-order valence-electron chi connectivity index (χ4n) is 5.05. The molecule has 1 aromatic rings. The predicted octanol–water partition coefficient (Wildman–Crippen LogP) is 7.29. The first kappa shape index (κ1) is 19.9. The first-order valence-corrected chi connectivity index (χ1v) is 11.4. The van der Waals surface area contributed by atoms with Crippen molar-refractivity contribution in [3.05, 3.63) is 35.4 Å². The van der Waals surface area contributed by atoms with Crippen LogP contribution in [0.2, 0.25) is 0 Å². The van der Waals surface area contributed by atoms with Gasteiger partial charge in [-0.2, -0.15) is 0 Å². The van der Waals surface area contributed by atoms with Crippen LogP contribution in [0.4, 0.5) is 0 Å². The van der Waals surface area contributed by atoms with Crippen LogP contribution >= 0.6 is 0 Å². The van der Waals surface area contributed by atoms with Gasteiger partial charge in [-0.25, -0.2) is 0 Å². The Bertz CT molecular complexity index is 489. The van der Waals surface area contributed by atoms with E-state index in [9.17, 15) is 0 Å². The molecule has 0 spiro atoms. The molecule has 2 fully saturated rings. The van der Waals surface area contributed by atoms with Crippen LogP contribution in [0, 0.1) is 11.8 Å². The van der Waals surface area contributed by atoms with E-state index in [0.717, 1.165) is 24.4 Å². The molecule has 2 saturated carbocycles. The Morgan fingerprint density at radius 3 is 2.23 bits per heavy atom. The molecule has 0 heterocycles. The molecular weight excluding hydrogens is 316 g/mol. The fourth-order valence-corrected chi connectivity index (χ4v) is 5.05. The Balaban J connectivity index is 1.30. The minimum atomic E-state index is 0.525. The molecule has 26 heavy (non-hydrogen) atoms. The summed E-state index contributed by atoms with van der Waals surface area (Å²) in [5.41, 5.74) is 3.04. The highest BCUT2D eigenvalue weighted by Gasteiger charge is 2.23. The number of benzene rings is 1. The van der Waals surface area contributed by atoms with Crippen molar-refractivity contribution in [2.45, 2.75) is 103 Å². The van der Waals surface area contributed by atoms with Crippen molar-refractivity contribution in [1.82, 2.24) is 0 Å². The van der Waals surface area contributed by atoms with Crippen molar-refractivity contribution >= 4 is 0 Å². The van der Waals surface area contributed by atoms with Gasteiger partial charge >= 0.3 is 0 Å². The Kier molecular flexibility index (Phi) is 8.05. The second kappa shape index (κ2) is 10.5. The third-order valence-electron chi connectivity index (χ3n) is 6.91. The van der Waals surface area contributed by atoms with Crippen LogP contribution in [0.15, 0.2) is 24.3 Å². The number of ether oxygens (including phenoxy) is 1. The van der Waals surface area contributed by atoms with Crippen molar-refractivity contribution in [2.75, 3.05) is 6.61 Å². The normalized spacial score (nSPS) is 29.6. The standard InChI is InChI=1S/C25H40O/c1-3-5-21-11-13-23(14-12-21)24-15-17-25(18-16-24)26-19-4-6-22-9-7-20(2)8-10-22/h11-14,20,22,24-25H,3-10,15-19H2,1-2H3. The molecule has 0 aliphatic heterocycles. The summed E-state index contributed by atoms with van der Waals surface area (Å²) in [6, 6.07) is 9.44. The molecule has 0 N–H and O–H groups in total. The van der Waals surface area contributed by atoms with Gasteiger partial charge in [0.25, 0.3) is 0 Å². The lowest BCUT2D eigenvalue weighted by Gasteiger charge is -2.29. The molecule has 0 atom stereocenters. The first-order valence-electron chi connectivity index (χ1n) is 11.4. The summed E-state index contributed by atoms with van der Waals surface area (Å²) in [6.07, 6.45) is 16.6. The van der Waals surface area contributed by atoms with E-state index >= 15 is 0 Å². The SMILES string of the molecule is CCCc1ccc(C2CCC(OCCCC3CCC(C)CC3)CC2)cc1. The molecular formula is C25H40O. The monoisotopic (exact) mass is 356 g/mol.